The fourth-order valence-corrected chi connectivity index (χ4v) is 4.35. The van der Waals surface area contributed by atoms with E-state index in [0.717, 1.165) is 44.1 Å². The molecule has 0 aliphatic heterocycles. The van der Waals surface area contributed by atoms with Gasteiger partial charge in [0.05, 0.1) is 6.42 Å². The normalized spacial score (nSPS) is 22.5. The van der Waals surface area contributed by atoms with Crippen molar-refractivity contribution in [3.8, 4) is 0 Å². The Labute approximate surface area is 189 Å². The zero-order valence-corrected chi connectivity index (χ0v) is 20.9. The molecule has 0 aromatic carbocycles. The van der Waals surface area contributed by atoms with Gasteiger partial charge in [0.25, 0.3) is 0 Å². The first-order valence-corrected chi connectivity index (χ1v) is 11.9. The SMILES string of the molecule is CC(C)=O.CCCC(CC1CC/C=C\C(C)=C(\C)CC(=O)C1)C(CC)C(=O)CC(C)=O. The summed E-state index contributed by atoms with van der Waals surface area (Å²) in [6, 6.07) is 0. The summed E-state index contributed by atoms with van der Waals surface area (Å²) in [6.45, 7) is 12.9. The van der Waals surface area contributed by atoms with Crippen molar-refractivity contribution >= 4 is 23.1 Å². The number of hydrogen-bond donors (Lipinski definition) is 0. The lowest BCUT2D eigenvalue weighted by Gasteiger charge is -2.29. The summed E-state index contributed by atoms with van der Waals surface area (Å²) in [5.74, 6) is 1.05. The lowest BCUT2D eigenvalue weighted by molar-refractivity contribution is -0.130. The van der Waals surface area contributed by atoms with Crippen LogP contribution < -0.4 is 0 Å². The number of carbonyl (C=O) groups excluding carboxylic acids is 4. The van der Waals surface area contributed by atoms with Crippen LogP contribution in [0, 0.1) is 17.8 Å². The van der Waals surface area contributed by atoms with Gasteiger partial charge in [-0.15, -0.1) is 0 Å². The smallest absolute Gasteiger partial charge is 0.143 e. The molecule has 0 spiro atoms. The molecule has 1 rings (SSSR count). The summed E-state index contributed by atoms with van der Waals surface area (Å²) < 4.78 is 0. The minimum Gasteiger partial charge on any atom is -0.300 e. The van der Waals surface area contributed by atoms with Crippen molar-refractivity contribution in [1.82, 2.24) is 0 Å². The van der Waals surface area contributed by atoms with Crippen LogP contribution in [0.25, 0.3) is 0 Å². The zero-order valence-electron chi connectivity index (χ0n) is 20.9. The van der Waals surface area contributed by atoms with Gasteiger partial charge in [0.2, 0.25) is 0 Å². The van der Waals surface area contributed by atoms with Crippen LogP contribution in [0.5, 0.6) is 0 Å². The van der Waals surface area contributed by atoms with Crippen molar-refractivity contribution in [2.75, 3.05) is 0 Å². The lowest BCUT2D eigenvalue weighted by Crippen LogP contribution is -2.27. The van der Waals surface area contributed by atoms with Crippen LogP contribution >= 0.6 is 0 Å². The standard InChI is InChI=1S/C24H38O3.C3H6O/c1-6-10-21(23(7-2)24(27)14-19(5)25)15-20-12-9-8-11-17(3)18(4)13-22(26)16-20;1-3(2)4/h8,11,20-21,23H,6-7,9-10,12-16H2,1-5H3;1-2H3/b11-8-,18-17-;. The Hall–Kier alpha value is -1.84. The fourth-order valence-electron chi connectivity index (χ4n) is 4.35. The van der Waals surface area contributed by atoms with Gasteiger partial charge in [-0.05, 0) is 72.1 Å². The van der Waals surface area contributed by atoms with Crippen LogP contribution in [-0.4, -0.2) is 23.1 Å². The molecule has 0 radical (unpaired) electrons. The van der Waals surface area contributed by atoms with Gasteiger partial charge in [-0.2, -0.15) is 0 Å². The minimum absolute atomic E-state index is 0.0499. The molecule has 4 heteroatoms. The van der Waals surface area contributed by atoms with Crippen LogP contribution in [0.1, 0.15) is 106 Å². The summed E-state index contributed by atoms with van der Waals surface area (Å²) >= 11 is 0. The lowest BCUT2D eigenvalue weighted by atomic mass is 9.75. The molecule has 0 bridgehead atoms. The monoisotopic (exact) mass is 432 g/mol. The summed E-state index contributed by atoms with van der Waals surface area (Å²) in [6.07, 6.45) is 11.2. The van der Waals surface area contributed by atoms with Gasteiger partial charge in [-0.3, -0.25) is 14.4 Å². The molecule has 4 nitrogen and oxygen atoms in total. The van der Waals surface area contributed by atoms with E-state index in [4.69, 9.17) is 0 Å². The molecule has 0 saturated heterocycles. The molecular weight excluding hydrogens is 388 g/mol. The predicted molar refractivity (Wildman–Crippen MR) is 128 cm³/mol. The third-order valence-electron chi connectivity index (χ3n) is 5.90. The van der Waals surface area contributed by atoms with Gasteiger partial charge < -0.3 is 4.79 Å². The molecule has 0 saturated carbocycles. The van der Waals surface area contributed by atoms with Gasteiger partial charge >= 0.3 is 0 Å². The highest BCUT2D eigenvalue weighted by Gasteiger charge is 2.29. The van der Waals surface area contributed by atoms with Gasteiger partial charge in [-0.1, -0.05) is 50.0 Å². The highest BCUT2D eigenvalue weighted by atomic mass is 16.1. The Kier molecular flexibility index (Phi) is 14.9. The molecule has 0 aromatic heterocycles. The van der Waals surface area contributed by atoms with Crippen LogP contribution in [0.2, 0.25) is 0 Å². The van der Waals surface area contributed by atoms with Crippen molar-refractivity contribution < 1.29 is 19.2 Å². The first kappa shape index (κ1) is 29.2. The van der Waals surface area contributed by atoms with E-state index in [2.05, 4.69) is 26.0 Å². The minimum atomic E-state index is -0.0567. The Balaban J connectivity index is 0.00000206. The van der Waals surface area contributed by atoms with E-state index in [9.17, 15) is 19.2 Å². The Morgan fingerprint density at radius 1 is 1.10 bits per heavy atom. The van der Waals surface area contributed by atoms with Crippen molar-refractivity contribution in [1.29, 1.82) is 0 Å². The highest BCUT2D eigenvalue weighted by molar-refractivity contribution is 5.99. The molecule has 3 unspecified atom stereocenters. The second kappa shape index (κ2) is 15.9. The molecule has 0 N–H and O–H groups in total. The number of allylic oxidation sites excluding steroid dienone is 4. The van der Waals surface area contributed by atoms with Gasteiger partial charge in [0, 0.05) is 18.8 Å². The zero-order chi connectivity index (χ0) is 24.0. The van der Waals surface area contributed by atoms with Crippen LogP contribution in [0.15, 0.2) is 23.3 Å². The Morgan fingerprint density at radius 3 is 2.23 bits per heavy atom. The summed E-state index contributed by atoms with van der Waals surface area (Å²) in [5, 5.41) is 0. The third kappa shape index (κ3) is 13.2. The molecule has 0 aromatic rings. The summed E-state index contributed by atoms with van der Waals surface area (Å²) in [5.41, 5.74) is 2.36. The maximum atomic E-state index is 12.6. The average Bonchev–Trinajstić information content (AvgIpc) is 2.63. The maximum absolute atomic E-state index is 12.6. The quantitative estimate of drug-likeness (QED) is 0.384. The number of ketones is 4. The average molecular weight is 433 g/mol. The van der Waals surface area contributed by atoms with Gasteiger partial charge in [0.15, 0.2) is 0 Å². The van der Waals surface area contributed by atoms with Crippen molar-refractivity contribution in [2.45, 2.75) is 106 Å². The largest absolute Gasteiger partial charge is 0.300 e. The highest BCUT2D eigenvalue weighted by Crippen LogP contribution is 2.33. The molecule has 176 valence electrons. The summed E-state index contributed by atoms with van der Waals surface area (Å²) in [7, 11) is 0. The molecule has 0 amide bonds. The maximum Gasteiger partial charge on any atom is 0.143 e. The Morgan fingerprint density at radius 2 is 1.71 bits per heavy atom. The van der Waals surface area contributed by atoms with Crippen molar-refractivity contribution in [3.05, 3.63) is 23.3 Å². The van der Waals surface area contributed by atoms with Gasteiger partial charge in [0.1, 0.15) is 23.1 Å². The molecule has 3 atom stereocenters. The molecule has 1 aliphatic rings. The second-order valence-electron chi connectivity index (χ2n) is 9.28. The third-order valence-corrected chi connectivity index (χ3v) is 5.90. The van der Waals surface area contributed by atoms with Gasteiger partial charge in [-0.25, -0.2) is 0 Å². The fraction of sp³-hybridized carbons (Fsp3) is 0.704. The van der Waals surface area contributed by atoms with Crippen molar-refractivity contribution in [3.63, 3.8) is 0 Å². The molecule has 31 heavy (non-hydrogen) atoms. The number of rotatable bonds is 9. The van der Waals surface area contributed by atoms with Crippen LogP contribution in [0.3, 0.4) is 0 Å². The number of hydrogen-bond acceptors (Lipinski definition) is 4. The number of carbonyl (C=O) groups is 4. The summed E-state index contributed by atoms with van der Waals surface area (Å²) in [4.78, 5) is 46.0. The Bertz CT molecular complexity index is 665. The topological polar surface area (TPSA) is 68.3 Å². The second-order valence-corrected chi connectivity index (χ2v) is 9.28. The van der Waals surface area contributed by atoms with E-state index >= 15 is 0 Å². The van der Waals surface area contributed by atoms with Crippen molar-refractivity contribution in [2.24, 2.45) is 17.8 Å². The van der Waals surface area contributed by atoms with E-state index < -0.39 is 0 Å². The van der Waals surface area contributed by atoms with E-state index in [0.29, 0.717) is 24.5 Å². The van der Waals surface area contributed by atoms with Crippen LogP contribution in [-0.2, 0) is 19.2 Å². The molecule has 1 aliphatic carbocycles. The van der Waals surface area contributed by atoms with E-state index in [1.165, 1.54) is 26.3 Å². The first-order chi connectivity index (χ1) is 14.5. The van der Waals surface area contributed by atoms with Crippen LogP contribution in [0.4, 0.5) is 0 Å². The number of Topliss-reactive ketones (excluding diaryl/α,β-unsaturated/α-hetero) is 4. The van der Waals surface area contributed by atoms with E-state index in [1.807, 2.05) is 13.8 Å². The van der Waals surface area contributed by atoms with E-state index in [1.54, 1.807) is 0 Å². The first-order valence-electron chi connectivity index (χ1n) is 11.9. The predicted octanol–water partition coefficient (Wildman–Crippen LogP) is 6.61. The molecule has 0 heterocycles. The molecular formula is C27H44O4. The van der Waals surface area contributed by atoms with E-state index in [-0.39, 0.29) is 35.6 Å². The molecule has 0 fully saturated rings.